The minimum atomic E-state index is -0.438. The summed E-state index contributed by atoms with van der Waals surface area (Å²) >= 11 is 0. The molecule has 5 heteroatoms. The molecule has 5 aliphatic rings. The Labute approximate surface area is 194 Å². The zero-order chi connectivity index (χ0) is 22.9. The molecule has 5 rings (SSSR count). The fourth-order valence-electron chi connectivity index (χ4n) is 8.96. The van der Waals surface area contributed by atoms with Crippen LogP contribution >= 0.6 is 0 Å². The molecule has 1 saturated heterocycles. The first-order valence-electron chi connectivity index (χ1n) is 13.2. The zero-order valence-electron chi connectivity index (χ0n) is 21.2. The SMILES string of the molecule is CN(C(=O)OC(C)(C)C)[C@H]1CC[C@@]2(C)C(CC[C@@H]3C2CC[C@@]2(C)[C@H]3CCC23OCCO3)C1. The van der Waals surface area contributed by atoms with Crippen molar-refractivity contribution in [2.75, 3.05) is 20.3 Å². The summed E-state index contributed by atoms with van der Waals surface area (Å²) in [6.07, 6.45) is 10.8. The molecule has 5 nitrogen and oxygen atoms in total. The van der Waals surface area contributed by atoms with Crippen LogP contribution in [0, 0.1) is 34.5 Å². The molecule has 0 bridgehead atoms. The lowest BCUT2D eigenvalue weighted by atomic mass is 9.44. The molecule has 0 N–H and O–H groups in total. The molecular formula is C27H45NO4. The molecule has 0 aromatic rings. The highest BCUT2D eigenvalue weighted by Gasteiger charge is 2.67. The van der Waals surface area contributed by atoms with E-state index in [2.05, 4.69) is 13.8 Å². The molecular weight excluding hydrogens is 402 g/mol. The van der Waals surface area contributed by atoms with Crippen LogP contribution in [-0.4, -0.2) is 48.7 Å². The van der Waals surface area contributed by atoms with E-state index in [-0.39, 0.29) is 17.3 Å². The van der Waals surface area contributed by atoms with Gasteiger partial charge in [0.2, 0.25) is 0 Å². The number of hydrogen-bond donors (Lipinski definition) is 0. The average Bonchev–Trinajstić information content (AvgIpc) is 3.31. The summed E-state index contributed by atoms with van der Waals surface area (Å²) in [4.78, 5) is 14.6. The van der Waals surface area contributed by atoms with Gasteiger partial charge in [0.15, 0.2) is 5.79 Å². The number of nitrogens with zero attached hydrogens (tertiary/aromatic N) is 1. The first-order chi connectivity index (χ1) is 15.0. The van der Waals surface area contributed by atoms with Crippen LogP contribution in [0.5, 0.6) is 0 Å². The van der Waals surface area contributed by atoms with E-state index in [0.717, 1.165) is 50.2 Å². The van der Waals surface area contributed by atoms with Gasteiger partial charge in [0.1, 0.15) is 5.60 Å². The predicted octanol–water partition coefficient (Wildman–Crippen LogP) is 6.01. The second-order valence-electron chi connectivity index (χ2n) is 13.1. The molecule has 32 heavy (non-hydrogen) atoms. The summed E-state index contributed by atoms with van der Waals surface area (Å²) in [6, 6.07) is 0.309. The molecule has 7 atom stereocenters. The highest BCUT2D eigenvalue weighted by atomic mass is 16.7. The molecule has 1 heterocycles. The zero-order valence-corrected chi connectivity index (χ0v) is 21.2. The third-order valence-corrected chi connectivity index (χ3v) is 10.7. The van der Waals surface area contributed by atoms with Crippen LogP contribution in [0.2, 0.25) is 0 Å². The van der Waals surface area contributed by atoms with E-state index in [4.69, 9.17) is 14.2 Å². The number of ether oxygens (including phenoxy) is 3. The molecule has 4 saturated carbocycles. The molecule has 182 valence electrons. The topological polar surface area (TPSA) is 48.0 Å². The molecule has 1 aliphatic heterocycles. The Hall–Kier alpha value is -0.810. The van der Waals surface area contributed by atoms with Gasteiger partial charge in [-0.25, -0.2) is 4.79 Å². The monoisotopic (exact) mass is 447 g/mol. The van der Waals surface area contributed by atoms with Gasteiger partial charge in [0.05, 0.1) is 13.2 Å². The van der Waals surface area contributed by atoms with Crippen molar-refractivity contribution in [3.8, 4) is 0 Å². The molecule has 5 fully saturated rings. The first kappa shape index (κ1) is 23.0. The Morgan fingerprint density at radius 2 is 1.62 bits per heavy atom. The van der Waals surface area contributed by atoms with Crippen molar-refractivity contribution in [2.45, 2.75) is 110 Å². The highest BCUT2D eigenvalue weighted by molar-refractivity contribution is 5.68. The van der Waals surface area contributed by atoms with Crippen molar-refractivity contribution >= 4 is 6.09 Å². The lowest BCUT2D eigenvalue weighted by Gasteiger charge is -2.62. The first-order valence-corrected chi connectivity index (χ1v) is 13.2. The van der Waals surface area contributed by atoms with E-state index in [1.54, 1.807) is 0 Å². The van der Waals surface area contributed by atoms with Gasteiger partial charge in [0, 0.05) is 24.9 Å². The van der Waals surface area contributed by atoms with Crippen LogP contribution in [0.25, 0.3) is 0 Å². The van der Waals surface area contributed by atoms with Crippen LogP contribution in [0.4, 0.5) is 4.79 Å². The van der Waals surface area contributed by atoms with E-state index in [0.29, 0.717) is 17.4 Å². The van der Waals surface area contributed by atoms with E-state index < -0.39 is 5.60 Å². The second-order valence-corrected chi connectivity index (χ2v) is 13.1. The van der Waals surface area contributed by atoms with Crippen molar-refractivity contribution in [2.24, 2.45) is 34.5 Å². The number of amides is 1. The third kappa shape index (κ3) is 3.35. The molecule has 1 amide bonds. The maximum atomic E-state index is 12.7. The Morgan fingerprint density at radius 3 is 2.31 bits per heavy atom. The Bertz CT molecular complexity index is 740. The summed E-state index contributed by atoms with van der Waals surface area (Å²) in [7, 11) is 1.94. The van der Waals surface area contributed by atoms with Crippen molar-refractivity contribution in [3.63, 3.8) is 0 Å². The van der Waals surface area contributed by atoms with Crippen LogP contribution in [0.1, 0.15) is 92.4 Å². The number of rotatable bonds is 1. The Balaban J connectivity index is 1.30. The second kappa shape index (κ2) is 7.60. The summed E-state index contributed by atoms with van der Waals surface area (Å²) < 4.78 is 18.3. The van der Waals surface area contributed by atoms with Crippen LogP contribution < -0.4 is 0 Å². The normalized spacial score (nSPS) is 45.1. The summed E-state index contributed by atoms with van der Waals surface area (Å²) in [5.74, 6) is 2.77. The lowest BCUT2D eigenvalue weighted by Crippen LogP contribution is -2.58. The van der Waals surface area contributed by atoms with Gasteiger partial charge >= 0.3 is 6.09 Å². The number of hydrogen-bond acceptors (Lipinski definition) is 4. The van der Waals surface area contributed by atoms with Crippen molar-refractivity contribution in [1.82, 2.24) is 4.90 Å². The van der Waals surface area contributed by atoms with Crippen LogP contribution in [0.15, 0.2) is 0 Å². The molecule has 4 aliphatic carbocycles. The summed E-state index contributed by atoms with van der Waals surface area (Å²) in [5.41, 5.74) is 0.150. The molecule has 0 radical (unpaired) electrons. The van der Waals surface area contributed by atoms with Gasteiger partial charge in [-0.2, -0.15) is 0 Å². The number of carbonyl (C=O) groups is 1. The van der Waals surface area contributed by atoms with Crippen molar-refractivity contribution < 1.29 is 19.0 Å². The minimum absolute atomic E-state index is 0.166. The van der Waals surface area contributed by atoms with E-state index >= 15 is 0 Å². The third-order valence-electron chi connectivity index (χ3n) is 10.7. The van der Waals surface area contributed by atoms with Crippen molar-refractivity contribution in [1.29, 1.82) is 0 Å². The maximum Gasteiger partial charge on any atom is 0.410 e. The summed E-state index contributed by atoms with van der Waals surface area (Å²) in [6.45, 7) is 12.4. The molecule has 2 unspecified atom stereocenters. The standard InChI is InChI=1S/C27H45NO4/c1-24(2,3)32-23(29)28(6)19-9-12-25(4)18(17-19)7-8-20-21(25)10-13-26(5)22(20)11-14-27(26)30-15-16-31-27/h18-22H,7-17H2,1-6H3/t18?,19-,20+,21?,22-,25-,26-/m0/s1. The number of carbonyl (C=O) groups excluding carboxylic acids is 1. The Kier molecular flexibility index (Phi) is 5.45. The average molecular weight is 448 g/mol. The molecule has 0 aromatic carbocycles. The van der Waals surface area contributed by atoms with Crippen LogP contribution in [0.3, 0.4) is 0 Å². The molecule has 1 spiro atoms. The van der Waals surface area contributed by atoms with Gasteiger partial charge in [0.25, 0.3) is 0 Å². The maximum absolute atomic E-state index is 12.7. The minimum Gasteiger partial charge on any atom is -0.444 e. The van der Waals surface area contributed by atoms with E-state index in [1.165, 1.54) is 38.5 Å². The van der Waals surface area contributed by atoms with E-state index in [9.17, 15) is 4.79 Å². The highest BCUT2D eigenvalue weighted by Crippen LogP contribution is 2.69. The van der Waals surface area contributed by atoms with Gasteiger partial charge in [-0.05, 0) is 101 Å². The van der Waals surface area contributed by atoms with Crippen LogP contribution in [-0.2, 0) is 14.2 Å². The molecule has 0 aromatic heterocycles. The fraction of sp³-hybridized carbons (Fsp3) is 0.963. The predicted molar refractivity (Wildman–Crippen MR) is 124 cm³/mol. The summed E-state index contributed by atoms with van der Waals surface area (Å²) in [5, 5.41) is 0. The Morgan fingerprint density at radius 1 is 0.938 bits per heavy atom. The quantitative estimate of drug-likeness (QED) is 0.494. The number of fused-ring (bicyclic) bond motifs is 6. The van der Waals surface area contributed by atoms with Gasteiger partial charge in [-0.1, -0.05) is 13.8 Å². The van der Waals surface area contributed by atoms with Gasteiger partial charge in [-0.15, -0.1) is 0 Å². The largest absolute Gasteiger partial charge is 0.444 e. The van der Waals surface area contributed by atoms with Gasteiger partial charge < -0.3 is 19.1 Å². The fourth-order valence-corrected chi connectivity index (χ4v) is 8.96. The lowest BCUT2D eigenvalue weighted by molar-refractivity contribution is -0.247. The smallest absolute Gasteiger partial charge is 0.410 e. The van der Waals surface area contributed by atoms with E-state index in [1.807, 2.05) is 32.7 Å². The van der Waals surface area contributed by atoms with Gasteiger partial charge in [-0.3, -0.25) is 0 Å². The van der Waals surface area contributed by atoms with Crippen molar-refractivity contribution in [3.05, 3.63) is 0 Å².